The van der Waals surface area contributed by atoms with Crippen LogP contribution in [0, 0.1) is 0 Å². The highest BCUT2D eigenvalue weighted by atomic mass is 16.5. The molecule has 0 fully saturated rings. The molecule has 2 heterocycles. The van der Waals surface area contributed by atoms with Crippen LogP contribution in [0.5, 0.6) is 5.75 Å². The second kappa shape index (κ2) is 5.05. The molecule has 100 valence electrons. The number of rotatable bonds is 3. The van der Waals surface area contributed by atoms with E-state index in [-0.39, 0.29) is 0 Å². The van der Waals surface area contributed by atoms with Crippen LogP contribution in [0.4, 0.5) is 0 Å². The lowest BCUT2D eigenvalue weighted by Gasteiger charge is -2.27. The zero-order valence-corrected chi connectivity index (χ0v) is 11.0. The minimum atomic E-state index is -0.483. The molecule has 1 aromatic heterocycles. The Balaban J connectivity index is 1.80. The topological polar surface area (TPSA) is 47.3 Å². The molecule has 0 bridgehead atoms. The lowest BCUT2D eigenvalue weighted by molar-refractivity contribution is 0.137. The second-order valence-corrected chi connectivity index (χ2v) is 5.00. The molecule has 1 aliphatic rings. The zero-order valence-electron chi connectivity index (χ0n) is 11.0. The number of aromatic nitrogens is 2. The van der Waals surface area contributed by atoms with E-state index in [9.17, 15) is 5.11 Å². The first-order chi connectivity index (χ1) is 9.25. The number of hydrogen-bond donors (Lipinski definition) is 1. The second-order valence-electron chi connectivity index (χ2n) is 5.00. The van der Waals surface area contributed by atoms with Gasteiger partial charge >= 0.3 is 0 Å². The van der Waals surface area contributed by atoms with Gasteiger partial charge in [0.1, 0.15) is 5.75 Å². The zero-order chi connectivity index (χ0) is 13.2. The summed E-state index contributed by atoms with van der Waals surface area (Å²) in [5.74, 6) is 1.30. The smallest absolute Gasteiger partial charge is 0.122 e. The molecule has 3 rings (SSSR count). The Morgan fingerprint density at radius 1 is 1.42 bits per heavy atom. The minimum absolute atomic E-state index is 0.342. The summed E-state index contributed by atoms with van der Waals surface area (Å²) in [6, 6.07) is 9.97. The summed E-state index contributed by atoms with van der Waals surface area (Å²) in [7, 11) is 1.86. The fourth-order valence-electron chi connectivity index (χ4n) is 2.76. The maximum Gasteiger partial charge on any atom is 0.122 e. The van der Waals surface area contributed by atoms with Crippen LogP contribution in [0.1, 0.15) is 36.1 Å². The molecule has 2 aromatic rings. The summed E-state index contributed by atoms with van der Waals surface area (Å²) >= 11 is 0. The van der Waals surface area contributed by atoms with E-state index >= 15 is 0 Å². The monoisotopic (exact) mass is 258 g/mol. The molecule has 0 saturated carbocycles. The number of hydrogen-bond acceptors (Lipinski definition) is 3. The van der Waals surface area contributed by atoms with E-state index in [2.05, 4.69) is 11.2 Å². The van der Waals surface area contributed by atoms with Crippen LogP contribution in [0.25, 0.3) is 0 Å². The number of aryl methyl sites for hydroxylation is 1. The van der Waals surface area contributed by atoms with Gasteiger partial charge in [-0.05, 0) is 36.5 Å². The summed E-state index contributed by atoms with van der Waals surface area (Å²) in [5, 5.41) is 14.5. The molecule has 2 unspecified atom stereocenters. The molecule has 1 aromatic carbocycles. The molecular formula is C15H18N2O2. The highest BCUT2D eigenvalue weighted by Crippen LogP contribution is 2.38. The molecule has 4 heteroatoms. The Labute approximate surface area is 112 Å². The van der Waals surface area contributed by atoms with E-state index in [1.165, 1.54) is 5.56 Å². The maximum atomic E-state index is 10.4. The van der Waals surface area contributed by atoms with Crippen LogP contribution >= 0.6 is 0 Å². The van der Waals surface area contributed by atoms with Gasteiger partial charge in [0, 0.05) is 13.2 Å². The van der Waals surface area contributed by atoms with Gasteiger partial charge in [0.15, 0.2) is 0 Å². The normalized spacial score (nSPS) is 19.6. The first-order valence-electron chi connectivity index (χ1n) is 6.63. The maximum absolute atomic E-state index is 10.4. The van der Waals surface area contributed by atoms with Crippen molar-refractivity contribution in [1.29, 1.82) is 0 Å². The average Bonchev–Trinajstić information content (AvgIpc) is 2.85. The van der Waals surface area contributed by atoms with Gasteiger partial charge in [-0.25, -0.2) is 0 Å². The van der Waals surface area contributed by atoms with Gasteiger partial charge in [0.2, 0.25) is 0 Å². The third-order valence-corrected chi connectivity index (χ3v) is 3.79. The predicted octanol–water partition coefficient (Wildman–Crippen LogP) is 2.41. The van der Waals surface area contributed by atoms with Crippen LogP contribution in [0.2, 0.25) is 0 Å². The molecule has 2 atom stereocenters. The summed E-state index contributed by atoms with van der Waals surface area (Å²) in [6.07, 6.45) is 2.89. The van der Waals surface area contributed by atoms with Crippen molar-refractivity contribution in [2.45, 2.75) is 24.9 Å². The molecular weight excluding hydrogens is 240 g/mol. The minimum Gasteiger partial charge on any atom is -0.493 e. The lowest BCUT2D eigenvalue weighted by Crippen LogP contribution is -2.17. The molecule has 19 heavy (non-hydrogen) atoms. The number of fused-ring (bicyclic) bond motifs is 1. The van der Waals surface area contributed by atoms with Crippen molar-refractivity contribution in [1.82, 2.24) is 9.78 Å². The number of benzene rings is 1. The highest BCUT2D eigenvalue weighted by molar-refractivity contribution is 5.37. The number of nitrogens with zero attached hydrogens (tertiary/aromatic N) is 2. The van der Waals surface area contributed by atoms with Gasteiger partial charge in [-0.3, -0.25) is 4.68 Å². The van der Waals surface area contributed by atoms with E-state index in [1.54, 1.807) is 10.9 Å². The number of ether oxygens (including phenoxy) is 1. The summed E-state index contributed by atoms with van der Waals surface area (Å²) < 4.78 is 7.38. The Morgan fingerprint density at radius 2 is 2.26 bits per heavy atom. The molecule has 0 radical (unpaired) electrons. The van der Waals surface area contributed by atoms with E-state index in [1.807, 2.05) is 31.3 Å². The molecule has 0 saturated heterocycles. The van der Waals surface area contributed by atoms with Crippen LogP contribution < -0.4 is 4.74 Å². The molecule has 0 aliphatic carbocycles. The van der Waals surface area contributed by atoms with Crippen LogP contribution in [0.15, 0.2) is 36.5 Å². The Morgan fingerprint density at radius 3 is 3.05 bits per heavy atom. The summed E-state index contributed by atoms with van der Waals surface area (Å²) in [5.41, 5.74) is 2.07. The largest absolute Gasteiger partial charge is 0.493 e. The average molecular weight is 258 g/mol. The molecule has 4 nitrogen and oxygen atoms in total. The summed E-state index contributed by atoms with van der Waals surface area (Å²) in [6.45, 7) is 0.722. The van der Waals surface area contributed by atoms with Crippen molar-refractivity contribution in [3.05, 3.63) is 47.8 Å². The van der Waals surface area contributed by atoms with Crippen LogP contribution in [-0.2, 0) is 7.05 Å². The number of para-hydroxylation sites is 1. The first-order valence-corrected chi connectivity index (χ1v) is 6.63. The molecule has 1 aliphatic heterocycles. The van der Waals surface area contributed by atoms with E-state index in [0.29, 0.717) is 12.3 Å². The third kappa shape index (κ3) is 2.36. The molecule has 0 spiro atoms. The van der Waals surface area contributed by atoms with Crippen molar-refractivity contribution >= 4 is 0 Å². The van der Waals surface area contributed by atoms with Crippen molar-refractivity contribution in [2.24, 2.45) is 7.05 Å². The molecule has 1 N–H and O–H groups in total. The lowest BCUT2D eigenvalue weighted by atomic mass is 9.87. The van der Waals surface area contributed by atoms with E-state index < -0.39 is 6.10 Å². The number of aliphatic hydroxyl groups is 1. The quantitative estimate of drug-likeness (QED) is 0.919. The molecule has 0 amide bonds. The fraction of sp³-hybridized carbons (Fsp3) is 0.400. The van der Waals surface area contributed by atoms with Gasteiger partial charge in [-0.2, -0.15) is 5.10 Å². The van der Waals surface area contributed by atoms with E-state index in [0.717, 1.165) is 24.5 Å². The van der Waals surface area contributed by atoms with Gasteiger partial charge in [-0.15, -0.1) is 0 Å². The van der Waals surface area contributed by atoms with Crippen molar-refractivity contribution in [2.75, 3.05) is 6.61 Å². The number of aliphatic hydroxyl groups excluding tert-OH is 1. The van der Waals surface area contributed by atoms with Gasteiger partial charge in [0.25, 0.3) is 0 Å². The van der Waals surface area contributed by atoms with Crippen molar-refractivity contribution < 1.29 is 9.84 Å². The summed E-state index contributed by atoms with van der Waals surface area (Å²) in [4.78, 5) is 0. The first kappa shape index (κ1) is 12.2. The van der Waals surface area contributed by atoms with Crippen molar-refractivity contribution in [3.63, 3.8) is 0 Å². The Kier molecular flexibility index (Phi) is 3.25. The SMILES string of the molecule is Cn1nccc1C(O)CC1CCOc2ccccc21. The van der Waals surface area contributed by atoms with Crippen molar-refractivity contribution in [3.8, 4) is 5.75 Å². The Bertz CT molecular complexity index is 565. The van der Waals surface area contributed by atoms with Gasteiger partial charge in [-0.1, -0.05) is 18.2 Å². The van der Waals surface area contributed by atoms with Crippen LogP contribution in [0.3, 0.4) is 0 Å². The van der Waals surface area contributed by atoms with E-state index in [4.69, 9.17) is 4.74 Å². The highest BCUT2D eigenvalue weighted by Gasteiger charge is 2.25. The van der Waals surface area contributed by atoms with Crippen LogP contribution in [-0.4, -0.2) is 21.5 Å². The fourth-order valence-corrected chi connectivity index (χ4v) is 2.76. The van der Waals surface area contributed by atoms with Gasteiger partial charge < -0.3 is 9.84 Å². The predicted molar refractivity (Wildman–Crippen MR) is 72.1 cm³/mol. The van der Waals surface area contributed by atoms with Gasteiger partial charge in [0.05, 0.1) is 18.4 Å². The Hall–Kier alpha value is -1.81. The third-order valence-electron chi connectivity index (χ3n) is 3.79. The standard InChI is InChI=1S/C15H18N2O2/c1-17-13(6-8-16-17)14(18)10-11-7-9-19-15-5-3-2-4-12(11)15/h2-6,8,11,14,18H,7,9-10H2,1H3.